The van der Waals surface area contributed by atoms with Gasteiger partial charge in [0.15, 0.2) is 5.82 Å². The van der Waals surface area contributed by atoms with Crippen LogP contribution in [0.3, 0.4) is 0 Å². The fraction of sp³-hybridized carbons (Fsp3) is 0.667. The maximum Gasteiger partial charge on any atom is 0.293 e. The Morgan fingerprint density at radius 3 is 2.53 bits per heavy atom. The van der Waals surface area contributed by atoms with Crippen LogP contribution < -0.4 is 10.5 Å². The van der Waals surface area contributed by atoms with Gasteiger partial charge in [0.25, 0.3) is 5.56 Å². The molecule has 5 nitrogen and oxygen atoms in total. The fourth-order valence-electron chi connectivity index (χ4n) is 1.73. The number of aliphatic hydroxyl groups excluding tert-OH is 1. The van der Waals surface area contributed by atoms with Gasteiger partial charge in [0.2, 0.25) is 0 Å². The Hall–Kier alpha value is -1.36. The highest BCUT2D eigenvalue weighted by atomic mass is 16.3. The van der Waals surface area contributed by atoms with Crippen molar-refractivity contribution < 1.29 is 5.11 Å². The molecule has 0 aliphatic carbocycles. The first-order valence-corrected chi connectivity index (χ1v) is 5.93. The Morgan fingerprint density at radius 1 is 1.41 bits per heavy atom. The van der Waals surface area contributed by atoms with Gasteiger partial charge >= 0.3 is 0 Å². The first-order chi connectivity index (χ1) is 7.99. The van der Waals surface area contributed by atoms with E-state index in [1.165, 1.54) is 0 Å². The molecule has 96 valence electrons. The van der Waals surface area contributed by atoms with E-state index in [4.69, 9.17) is 5.11 Å². The minimum atomic E-state index is -0.107. The first-order valence-electron chi connectivity index (χ1n) is 5.93. The Balaban J connectivity index is 3.20. The van der Waals surface area contributed by atoms with Crippen molar-refractivity contribution in [3.8, 4) is 0 Å². The molecule has 1 aromatic heterocycles. The fourth-order valence-corrected chi connectivity index (χ4v) is 1.73. The van der Waals surface area contributed by atoms with E-state index in [0.29, 0.717) is 12.4 Å². The molecule has 0 saturated carbocycles. The van der Waals surface area contributed by atoms with Gasteiger partial charge in [0.05, 0.1) is 6.61 Å². The highest BCUT2D eigenvalue weighted by molar-refractivity contribution is 5.36. The second-order valence-electron chi connectivity index (χ2n) is 4.57. The number of aliphatic hydroxyl groups is 1. The molecule has 0 bridgehead atoms. The molecule has 0 fully saturated rings. The van der Waals surface area contributed by atoms with Crippen molar-refractivity contribution in [3.05, 3.63) is 22.7 Å². The molecule has 5 heteroatoms. The van der Waals surface area contributed by atoms with Gasteiger partial charge in [-0.25, -0.2) is 4.98 Å². The van der Waals surface area contributed by atoms with E-state index < -0.39 is 0 Å². The van der Waals surface area contributed by atoms with Crippen molar-refractivity contribution in [3.63, 3.8) is 0 Å². The van der Waals surface area contributed by atoms with Crippen molar-refractivity contribution in [1.82, 2.24) is 9.55 Å². The smallest absolute Gasteiger partial charge is 0.293 e. The van der Waals surface area contributed by atoms with Crippen molar-refractivity contribution >= 4 is 5.82 Å². The zero-order valence-corrected chi connectivity index (χ0v) is 10.9. The Morgan fingerprint density at radius 2 is 2.06 bits per heavy atom. The summed E-state index contributed by atoms with van der Waals surface area (Å²) in [6.45, 7) is 8.29. The normalized spacial score (nSPS) is 11.2. The summed E-state index contributed by atoms with van der Waals surface area (Å²) in [6.07, 6.45) is 3.32. The summed E-state index contributed by atoms with van der Waals surface area (Å²) in [5.74, 6) is 0.408. The number of hydrogen-bond acceptors (Lipinski definition) is 4. The van der Waals surface area contributed by atoms with Crippen LogP contribution in [0.5, 0.6) is 0 Å². The van der Waals surface area contributed by atoms with Crippen LogP contribution in [-0.2, 0) is 0 Å². The third kappa shape index (κ3) is 3.06. The van der Waals surface area contributed by atoms with Crippen LogP contribution in [0.15, 0.2) is 17.2 Å². The highest BCUT2D eigenvalue weighted by Crippen LogP contribution is 2.09. The number of rotatable bonds is 5. The number of hydrogen-bond donors (Lipinski definition) is 1. The third-order valence-corrected chi connectivity index (χ3v) is 2.64. The first kappa shape index (κ1) is 13.7. The largest absolute Gasteiger partial charge is 0.395 e. The van der Waals surface area contributed by atoms with Gasteiger partial charge < -0.3 is 14.6 Å². The molecule has 0 radical (unpaired) electrons. The quantitative estimate of drug-likeness (QED) is 0.834. The lowest BCUT2D eigenvalue weighted by molar-refractivity contribution is 0.298. The summed E-state index contributed by atoms with van der Waals surface area (Å²) in [6, 6.07) is 0.234. The number of nitrogens with zero attached hydrogens (tertiary/aromatic N) is 3. The minimum absolute atomic E-state index is 0.00979. The van der Waals surface area contributed by atoms with Crippen molar-refractivity contribution in [2.45, 2.75) is 39.8 Å². The summed E-state index contributed by atoms with van der Waals surface area (Å²) in [5.41, 5.74) is -0.107. The van der Waals surface area contributed by atoms with E-state index in [9.17, 15) is 4.79 Å². The van der Waals surface area contributed by atoms with E-state index >= 15 is 0 Å². The van der Waals surface area contributed by atoms with Crippen LogP contribution in [0.2, 0.25) is 0 Å². The lowest BCUT2D eigenvalue weighted by atomic mass is 10.3. The molecule has 0 aliphatic rings. The Kier molecular flexibility index (Phi) is 4.69. The molecule has 0 unspecified atom stereocenters. The lowest BCUT2D eigenvalue weighted by Gasteiger charge is -2.27. The van der Waals surface area contributed by atoms with Crippen LogP contribution in [0.1, 0.15) is 33.7 Å². The van der Waals surface area contributed by atoms with E-state index in [1.807, 2.05) is 32.6 Å². The van der Waals surface area contributed by atoms with Crippen molar-refractivity contribution in [2.24, 2.45) is 0 Å². The SMILES string of the molecule is CC(C)N(CCO)c1nccn(C(C)C)c1=O. The monoisotopic (exact) mass is 239 g/mol. The summed E-state index contributed by atoms with van der Waals surface area (Å²) >= 11 is 0. The maximum atomic E-state index is 12.2. The Bertz CT molecular complexity index is 412. The molecule has 17 heavy (non-hydrogen) atoms. The van der Waals surface area contributed by atoms with E-state index in [0.717, 1.165) is 0 Å². The predicted molar refractivity (Wildman–Crippen MR) is 68.4 cm³/mol. The molecular weight excluding hydrogens is 218 g/mol. The maximum absolute atomic E-state index is 12.2. The average molecular weight is 239 g/mol. The third-order valence-electron chi connectivity index (χ3n) is 2.64. The van der Waals surface area contributed by atoms with Gasteiger partial charge in [-0.2, -0.15) is 0 Å². The highest BCUT2D eigenvalue weighted by Gasteiger charge is 2.16. The molecule has 1 aromatic rings. The zero-order valence-electron chi connectivity index (χ0n) is 10.9. The second kappa shape index (κ2) is 5.82. The van der Waals surface area contributed by atoms with Crippen LogP contribution in [0.4, 0.5) is 5.82 Å². The minimum Gasteiger partial charge on any atom is -0.395 e. The van der Waals surface area contributed by atoms with Gasteiger partial charge in [0.1, 0.15) is 0 Å². The van der Waals surface area contributed by atoms with Crippen LogP contribution in [0.25, 0.3) is 0 Å². The van der Waals surface area contributed by atoms with E-state index in [-0.39, 0.29) is 24.2 Å². The predicted octanol–water partition coefficient (Wildman–Crippen LogP) is 1.03. The van der Waals surface area contributed by atoms with Gasteiger partial charge in [-0.15, -0.1) is 0 Å². The molecule has 0 aromatic carbocycles. The molecule has 0 spiro atoms. The Labute approximate surface area is 102 Å². The summed E-state index contributed by atoms with van der Waals surface area (Å²) in [5, 5.41) is 9.04. The molecule has 0 aliphatic heterocycles. The van der Waals surface area contributed by atoms with Crippen LogP contribution in [0, 0.1) is 0 Å². The molecular formula is C12H21N3O2. The van der Waals surface area contributed by atoms with Gasteiger partial charge in [-0.1, -0.05) is 0 Å². The topological polar surface area (TPSA) is 58.4 Å². The van der Waals surface area contributed by atoms with Gasteiger partial charge in [-0.3, -0.25) is 4.79 Å². The van der Waals surface area contributed by atoms with E-state index in [2.05, 4.69) is 4.98 Å². The molecule has 0 amide bonds. The van der Waals surface area contributed by atoms with Crippen LogP contribution in [-0.4, -0.2) is 33.9 Å². The van der Waals surface area contributed by atoms with Crippen molar-refractivity contribution in [1.29, 1.82) is 0 Å². The molecule has 0 saturated heterocycles. The summed E-state index contributed by atoms with van der Waals surface area (Å²) in [4.78, 5) is 18.2. The standard InChI is InChI=1S/C12H21N3O2/c1-9(2)14(7-8-16)11-12(17)15(10(3)4)6-5-13-11/h5-6,9-10,16H,7-8H2,1-4H3. The zero-order chi connectivity index (χ0) is 13.0. The lowest BCUT2D eigenvalue weighted by Crippen LogP contribution is -2.40. The number of aromatic nitrogens is 2. The number of anilines is 1. The van der Waals surface area contributed by atoms with Gasteiger partial charge in [-0.05, 0) is 27.7 Å². The molecule has 1 N–H and O–H groups in total. The summed E-state index contributed by atoms with van der Waals surface area (Å²) in [7, 11) is 0. The molecule has 0 atom stereocenters. The second-order valence-corrected chi connectivity index (χ2v) is 4.57. The van der Waals surface area contributed by atoms with Crippen LogP contribution >= 0.6 is 0 Å². The van der Waals surface area contributed by atoms with Gasteiger partial charge in [0, 0.05) is 31.0 Å². The average Bonchev–Trinajstić information content (AvgIpc) is 2.26. The molecule has 1 rings (SSSR count). The van der Waals surface area contributed by atoms with E-state index in [1.54, 1.807) is 17.0 Å². The van der Waals surface area contributed by atoms with Crippen molar-refractivity contribution in [2.75, 3.05) is 18.1 Å². The molecule has 1 heterocycles. The summed E-state index contributed by atoms with van der Waals surface area (Å²) < 4.78 is 1.65.